The van der Waals surface area contributed by atoms with Crippen molar-refractivity contribution in [2.45, 2.75) is 58.3 Å². The molecule has 11 heavy (non-hydrogen) atoms. The first-order valence-corrected chi connectivity index (χ1v) is 12.3. The number of rotatable bonds is 4. The van der Waals surface area contributed by atoms with E-state index in [2.05, 4.69) is 41.5 Å². The standard InChI is InChI=1S/2C3H7.2C2H5.Sn/c2*1-3-2;2*1-2;/h2*3H,1-2H3;2*1H2,2H3;. The zero-order valence-corrected chi connectivity index (χ0v) is 11.9. The van der Waals surface area contributed by atoms with Gasteiger partial charge in [0.05, 0.1) is 0 Å². The van der Waals surface area contributed by atoms with Crippen LogP contribution in [0, 0.1) is 0 Å². The first kappa shape index (κ1) is 11.8. The molecule has 0 N–H and O–H groups in total. The molecule has 0 bridgehead atoms. The van der Waals surface area contributed by atoms with Crippen LogP contribution in [-0.4, -0.2) is 18.4 Å². The normalized spacial score (nSPS) is 13.1. The van der Waals surface area contributed by atoms with Gasteiger partial charge in [-0.25, -0.2) is 0 Å². The summed E-state index contributed by atoms with van der Waals surface area (Å²) in [5, 5.41) is 0. The van der Waals surface area contributed by atoms with Crippen LogP contribution in [-0.2, 0) is 0 Å². The summed E-state index contributed by atoms with van der Waals surface area (Å²) in [4.78, 5) is 0. The van der Waals surface area contributed by atoms with Crippen LogP contribution in [0.15, 0.2) is 0 Å². The molecular formula is C10H24Sn. The Kier molecular flexibility index (Phi) is 5.08. The Balaban J connectivity index is 4.46. The summed E-state index contributed by atoms with van der Waals surface area (Å²) in [6.07, 6.45) is 0. The predicted octanol–water partition coefficient (Wildman–Crippen LogP) is 4.30. The third-order valence-electron chi connectivity index (χ3n) is 3.62. The van der Waals surface area contributed by atoms with Crippen LogP contribution in [0.4, 0.5) is 0 Å². The summed E-state index contributed by atoms with van der Waals surface area (Å²) in [7, 11) is 0. The summed E-state index contributed by atoms with van der Waals surface area (Å²) >= 11 is -1.66. The quantitative estimate of drug-likeness (QED) is 0.663. The van der Waals surface area contributed by atoms with Crippen LogP contribution in [0.25, 0.3) is 0 Å². The predicted molar refractivity (Wildman–Crippen MR) is 56.9 cm³/mol. The van der Waals surface area contributed by atoms with Crippen molar-refractivity contribution in [1.82, 2.24) is 0 Å². The van der Waals surface area contributed by atoms with Gasteiger partial charge in [0.1, 0.15) is 0 Å². The monoisotopic (exact) mass is 264 g/mol. The Bertz CT molecular complexity index is 91.4. The molecule has 0 aliphatic carbocycles. The van der Waals surface area contributed by atoms with E-state index in [1.807, 2.05) is 0 Å². The van der Waals surface area contributed by atoms with Gasteiger partial charge in [-0.1, -0.05) is 0 Å². The van der Waals surface area contributed by atoms with Crippen molar-refractivity contribution in [2.75, 3.05) is 0 Å². The van der Waals surface area contributed by atoms with Crippen LogP contribution in [0.5, 0.6) is 0 Å². The molecule has 1 heteroatoms. The molecule has 68 valence electrons. The first-order valence-electron chi connectivity index (χ1n) is 5.01. The molecule has 0 spiro atoms. The number of hydrogen-bond donors (Lipinski definition) is 0. The van der Waals surface area contributed by atoms with Gasteiger partial charge in [-0.2, -0.15) is 0 Å². The van der Waals surface area contributed by atoms with Crippen LogP contribution >= 0.6 is 0 Å². The molecule has 0 aliphatic rings. The van der Waals surface area contributed by atoms with Gasteiger partial charge in [0.15, 0.2) is 0 Å². The molecular weight excluding hydrogens is 239 g/mol. The van der Waals surface area contributed by atoms with E-state index < -0.39 is 18.4 Å². The van der Waals surface area contributed by atoms with Crippen molar-refractivity contribution < 1.29 is 0 Å². The van der Waals surface area contributed by atoms with Crippen molar-refractivity contribution in [3.05, 3.63) is 0 Å². The van der Waals surface area contributed by atoms with Gasteiger partial charge in [-0.15, -0.1) is 0 Å². The van der Waals surface area contributed by atoms with Gasteiger partial charge in [-0.05, 0) is 0 Å². The zero-order chi connectivity index (χ0) is 9.07. The topological polar surface area (TPSA) is 0 Å². The molecule has 0 amide bonds. The third-order valence-corrected chi connectivity index (χ3v) is 24.3. The fourth-order valence-electron chi connectivity index (χ4n) is 2.55. The molecule has 0 rings (SSSR count). The second kappa shape index (κ2) is 4.73. The second-order valence-corrected chi connectivity index (χ2v) is 21.9. The number of hydrogen-bond acceptors (Lipinski definition) is 0. The van der Waals surface area contributed by atoms with Crippen LogP contribution in [0.2, 0.25) is 16.7 Å². The molecule has 0 unspecified atom stereocenters. The summed E-state index contributed by atoms with van der Waals surface area (Å²) in [5.41, 5.74) is 0. The molecule has 0 aromatic rings. The van der Waals surface area contributed by atoms with E-state index in [0.29, 0.717) is 0 Å². The fraction of sp³-hybridized carbons (Fsp3) is 1.00. The van der Waals surface area contributed by atoms with Gasteiger partial charge in [-0.3, -0.25) is 0 Å². The van der Waals surface area contributed by atoms with Crippen molar-refractivity contribution in [3.63, 3.8) is 0 Å². The van der Waals surface area contributed by atoms with Crippen molar-refractivity contribution >= 4 is 18.4 Å². The maximum atomic E-state index is 2.45. The summed E-state index contributed by atoms with van der Waals surface area (Å²) in [5.74, 6) is 0. The minimum atomic E-state index is -1.66. The van der Waals surface area contributed by atoms with E-state index in [1.165, 1.54) is 8.87 Å². The Hall–Kier alpha value is 0.799. The van der Waals surface area contributed by atoms with E-state index in [4.69, 9.17) is 0 Å². The van der Waals surface area contributed by atoms with Crippen molar-refractivity contribution in [1.29, 1.82) is 0 Å². The molecule has 0 atom stereocenters. The Morgan fingerprint density at radius 2 is 1.09 bits per heavy atom. The average molecular weight is 263 g/mol. The summed E-state index contributed by atoms with van der Waals surface area (Å²) in [6, 6.07) is 0. The molecule has 0 radical (unpaired) electrons. The van der Waals surface area contributed by atoms with Crippen molar-refractivity contribution in [2.24, 2.45) is 0 Å². The van der Waals surface area contributed by atoms with E-state index in [-0.39, 0.29) is 0 Å². The second-order valence-electron chi connectivity index (χ2n) is 4.25. The fourth-order valence-corrected chi connectivity index (χ4v) is 17.1. The molecule has 0 heterocycles. The molecule has 0 nitrogen and oxygen atoms in total. The third kappa shape index (κ3) is 2.37. The SMILES string of the molecule is C[CH2][Sn]([CH2]C)([CH](C)C)[CH](C)C. The summed E-state index contributed by atoms with van der Waals surface area (Å²) in [6.45, 7) is 14.6. The van der Waals surface area contributed by atoms with Gasteiger partial charge >= 0.3 is 76.7 Å². The molecule has 0 aromatic heterocycles. The average Bonchev–Trinajstić information content (AvgIpc) is 1.90. The van der Waals surface area contributed by atoms with Crippen molar-refractivity contribution in [3.8, 4) is 0 Å². The molecule has 0 saturated carbocycles. The zero-order valence-electron chi connectivity index (χ0n) is 9.07. The van der Waals surface area contributed by atoms with E-state index in [9.17, 15) is 0 Å². The van der Waals surface area contributed by atoms with Gasteiger partial charge in [0.2, 0.25) is 0 Å². The maximum absolute atomic E-state index is 2.45. The van der Waals surface area contributed by atoms with Crippen LogP contribution < -0.4 is 0 Å². The van der Waals surface area contributed by atoms with Gasteiger partial charge < -0.3 is 0 Å². The van der Waals surface area contributed by atoms with E-state index in [0.717, 1.165) is 7.87 Å². The molecule has 0 aliphatic heterocycles. The van der Waals surface area contributed by atoms with Gasteiger partial charge in [0.25, 0.3) is 0 Å². The van der Waals surface area contributed by atoms with Crippen LogP contribution in [0.1, 0.15) is 41.5 Å². The Labute approximate surface area is 76.6 Å². The molecule has 0 aromatic carbocycles. The first-order chi connectivity index (χ1) is 5.01. The summed E-state index contributed by atoms with van der Waals surface area (Å²) < 4.78 is 5.11. The Morgan fingerprint density at radius 1 is 0.818 bits per heavy atom. The molecule has 0 fully saturated rings. The minimum absolute atomic E-state index is 1.03. The van der Waals surface area contributed by atoms with Crippen LogP contribution in [0.3, 0.4) is 0 Å². The Morgan fingerprint density at radius 3 is 1.09 bits per heavy atom. The van der Waals surface area contributed by atoms with E-state index in [1.54, 1.807) is 0 Å². The van der Waals surface area contributed by atoms with Gasteiger partial charge in [0, 0.05) is 0 Å². The molecule has 0 saturated heterocycles. The van der Waals surface area contributed by atoms with E-state index >= 15 is 0 Å².